The Bertz CT molecular complexity index is 1370. The number of hydrogen-bond acceptors (Lipinski definition) is 6. The van der Waals surface area contributed by atoms with Crippen LogP contribution in [0.5, 0.6) is 0 Å². The van der Waals surface area contributed by atoms with E-state index in [-0.39, 0.29) is 5.91 Å². The van der Waals surface area contributed by atoms with Gasteiger partial charge in [0.15, 0.2) is 5.13 Å². The molecule has 31 heavy (non-hydrogen) atoms. The van der Waals surface area contributed by atoms with Crippen molar-refractivity contribution >= 4 is 45.1 Å². The summed E-state index contributed by atoms with van der Waals surface area (Å²) in [5.74, 6) is -0.214. The molecule has 3 heterocycles. The van der Waals surface area contributed by atoms with E-state index < -0.39 is 0 Å². The smallest absolute Gasteiger partial charge is 0.255 e. The van der Waals surface area contributed by atoms with E-state index >= 15 is 0 Å². The van der Waals surface area contributed by atoms with Gasteiger partial charge in [-0.25, -0.2) is 9.97 Å². The number of imidazole rings is 1. The average molecular weight is 427 g/mol. The highest BCUT2D eigenvalue weighted by molar-refractivity contribution is 7.14. The molecular weight excluding hydrogens is 408 g/mol. The molecule has 1 amide bonds. The van der Waals surface area contributed by atoms with Crippen LogP contribution in [0.15, 0.2) is 84.5 Å². The second-order valence-electron chi connectivity index (χ2n) is 6.85. The number of nitrogens with one attached hydrogen (secondary N) is 2. The first-order chi connectivity index (χ1) is 15.2. The number of nitrogens with two attached hydrogens (primary N) is 1. The van der Waals surface area contributed by atoms with Crippen LogP contribution in [0.3, 0.4) is 0 Å². The van der Waals surface area contributed by atoms with Gasteiger partial charge in [0.1, 0.15) is 11.3 Å². The van der Waals surface area contributed by atoms with E-state index in [0.29, 0.717) is 16.9 Å². The van der Waals surface area contributed by atoms with Gasteiger partial charge in [-0.1, -0.05) is 18.2 Å². The maximum atomic E-state index is 12.5. The summed E-state index contributed by atoms with van der Waals surface area (Å²) in [6, 6.07) is 20.3. The van der Waals surface area contributed by atoms with Crippen molar-refractivity contribution in [2.75, 3.05) is 16.4 Å². The van der Waals surface area contributed by atoms with Crippen molar-refractivity contribution in [2.45, 2.75) is 0 Å². The largest absolute Gasteiger partial charge is 0.397 e. The minimum atomic E-state index is -0.214. The highest BCUT2D eigenvalue weighted by Gasteiger charge is 2.11. The van der Waals surface area contributed by atoms with E-state index in [1.54, 1.807) is 24.3 Å². The molecule has 0 atom stereocenters. The van der Waals surface area contributed by atoms with Gasteiger partial charge in [-0.15, -0.1) is 11.3 Å². The number of carbonyl (C=O) groups is 1. The van der Waals surface area contributed by atoms with Gasteiger partial charge in [0, 0.05) is 22.8 Å². The molecule has 0 aliphatic rings. The number of hydrogen-bond donors (Lipinski definition) is 3. The summed E-state index contributed by atoms with van der Waals surface area (Å²) in [5, 5.41) is 8.86. The molecule has 152 valence electrons. The van der Waals surface area contributed by atoms with Crippen LogP contribution in [0, 0.1) is 0 Å². The summed E-state index contributed by atoms with van der Waals surface area (Å²) in [6.45, 7) is 0. The second-order valence-corrected chi connectivity index (χ2v) is 7.71. The molecule has 0 bridgehead atoms. The molecule has 2 aromatic carbocycles. The molecule has 7 nitrogen and oxygen atoms in total. The van der Waals surface area contributed by atoms with Crippen molar-refractivity contribution < 1.29 is 4.79 Å². The van der Waals surface area contributed by atoms with Crippen LogP contribution in [0.1, 0.15) is 10.4 Å². The maximum absolute atomic E-state index is 12.5. The lowest BCUT2D eigenvalue weighted by Crippen LogP contribution is -2.13. The van der Waals surface area contributed by atoms with Gasteiger partial charge in [0.25, 0.3) is 5.91 Å². The van der Waals surface area contributed by atoms with E-state index in [4.69, 9.17) is 5.73 Å². The van der Waals surface area contributed by atoms with Crippen LogP contribution in [0.2, 0.25) is 0 Å². The van der Waals surface area contributed by atoms with Crippen molar-refractivity contribution in [1.82, 2.24) is 14.4 Å². The van der Waals surface area contributed by atoms with Crippen LogP contribution in [0.25, 0.3) is 17.0 Å². The molecule has 5 aromatic rings. The SMILES string of the molecule is Nc1ccccc1NC(=O)c1ccc(Nc2nc(-c3cnc4ccccn34)cs2)cc1. The van der Waals surface area contributed by atoms with Crippen LogP contribution in [-0.4, -0.2) is 20.3 Å². The predicted molar refractivity (Wildman–Crippen MR) is 125 cm³/mol. The minimum Gasteiger partial charge on any atom is -0.397 e. The van der Waals surface area contributed by atoms with Crippen molar-refractivity contribution in [3.8, 4) is 11.4 Å². The lowest BCUT2D eigenvalue weighted by molar-refractivity contribution is 0.102. The molecule has 0 saturated carbocycles. The molecule has 0 saturated heterocycles. The van der Waals surface area contributed by atoms with Gasteiger partial charge in [-0.2, -0.15) is 0 Å². The molecular formula is C23H18N6OS. The van der Waals surface area contributed by atoms with Gasteiger partial charge < -0.3 is 16.4 Å². The summed E-state index contributed by atoms with van der Waals surface area (Å²) in [6.07, 6.45) is 3.79. The van der Waals surface area contributed by atoms with E-state index in [2.05, 4.69) is 20.6 Å². The molecule has 0 aliphatic heterocycles. The van der Waals surface area contributed by atoms with E-state index in [1.807, 2.05) is 64.6 Å². The van der Waals surface area contributed by atoms with Crippen LogP contribution >= 0.6 is 11.3 Å². The Kier molecular flexibility index (Phi) is 4.81. The molecule has 4 N–H and O–H groups in total. The summed E-state index contributed by atoms with van der Waals surface area (Å²) >= 11 is 1.51. The number of thiazole rings is 1. The fourth-order valence-corrected chi connectivity index (χ4v) is 3.93. The summed E-state index contributed by atoms with van der Waals surface area (Å²) < 4.78 is 2.01. The van der Waals surface area contributed by atoms with E-state index in [1.165, 1.54) is 11.3 Å². The van der Waals surface area contributed by atoms with Crippen LogP contribution in [0.4, 0.5) is 22.2 Å². The van der Waals surface area contributed by atoms with Crippen LogP contribution < -0.4 is 16.4 Å². The fourth-order valence-electron chi connectivity index (χ4n) is 3.20. The lowest BCUT2D eigenvalue weighted by atomic mass is 10.2. The highest BCUT2D eigenvalue weighted by atomic mass is 32.1. The predicted octanol–water partition coefficient (Wildman–Crippen LogP) is 5.04. The number of nitrogens with zero attached hydrogens (tertiary/aromatic N) is 3. The van der Waals surface area contributed by atoms with E-state index in [9.17, 15) is 4.79 Å². The lowest BCUT2D eigenvalue weighted by Gasteiger charge is -2.08. The number of nitrogen functional groups attached to an aromatic ring is 1. The quantitative estimate of drug-likeness (QED) is 0.342. The number of anilines is 4. The number of aromatic nitrogens is 3. The van der Waals surface area contributed by atoms with E-state index in [0.717, 1.165) is 27.9 Å². The number of rotatable bonds is 5. The first-order valence-corrected chi connectivity index (χ1v) is 10.5. The fraction of sp³-hybridized carbons (Fsp3) is 0. The molecule has 0 spiro atoms. The Hall–Kier alpha value is -4.17. The normalized spacial score (nSPS) is 10.8. The molecule has 0 fully saturated rings. The van der Waals surface area contributed by atoms with Gasteiger partial charge in [-0.05, 0) is 48.5 Å². The zero-order valence-corrected chi connectivity index (χ0v) is 17.1. The topological polar surface area (TPSA) is 97.3 Å². The Morgan fingerprint density at radius 3 is 2.65 bits per heavy atom. The van der Waals surface area contributed by atoms with Crippen molar-refractivity contribution in [3.05, 3.63) is 90.1 Å². The minimum absolute atomic E-state index is 0.214. The first kappa shape index (κ1) is 18.8. The molecule has 3 aromatic heterocycles. The van der Waals surface area contributed by atoms with Crippen molar-refractivity contribution in [3.63, 3.8) is 0 Å². The highest BCUT2D eigenvalue weighted by Crippen LogP contribution is 2.28. The molecule has 5 rings (SSSR count). The van der Waals surface area contributed by atoms with Crippen molar-refractivity contribution in [1.29, 1.82) is 0 Å². The summed E-state index contributed by atoms with van der Waals surface area (Å²) in [7, 11) is 0. The Labute approximate surface area is 182 Å². The number of carbonyl (C=O) groups excluding carboxylic acids is 1. The van der Waals surface area contributed by atoms with Gasteiger partial charge in [-0.3, -0.25) is 9.20 Å². The van der Waals surface area contributed by atoms with Crippen LogP contribution in [-0.2, 0) is 0 Å². The van der Waals surface area contributed by atoms with Crippen molar-refractivity contribution in [2.24, 2.45) is 0 Å². The van der Waals surface area contributed by atoms with Gasteiger partial charge >= 0.3 is 0 Å². The summed E-state index contributed by atoms with van der Waals surface area (Å²) in [5.41, 5.74) is 11.1. The number of pyridine rings is 1. The third-order valence-corrected chi connectivity index (χ3v) is 5.55. The third kappa shape index (κ3) is 3.84. The zero-order valence-electron chi connectivity index (χ0n) is 16.3. The first-order valence-electron chi connectivity index (χ1n) is 9.58. The molecule has 8 heteroatoms. The average Bonchev–Trinajstić information content (AvgIpc) is 3.42. The molecule has 0 unspecified atom stereocenters. The number of para-hydroxylation sites is 2. The zero-order chi connectivity index (χ0) is 21.2. The monoisotopic (exact) mass is 426 g/mol. The number of benzene rings is 2. The molecule has 0 radical (unpaired) electrons. The maximum Gasteiger partial charge on any atom is 0.255 e. The number of fused-ring (bicyclic) bond motifs is 1. The summed E-state index contributed by atoms with van der Waals surface area (Å²) in [4.78, 5) is 21.6. The van der Waals surface area contributed by atoms with Gasteiger partial charge in [0.2, 0.25) is 0 Å². The molecule has 0 aliphatic carbocycles. The second kappa shape index (κ2) is 7.92. The van der Waals surface area contributed by atoms with Gasteiger partial charge in [0.05, 0.1) is 23.3 Å². The number of amides is 1. The Morgan fingerprint density at radius 1 is 1.00 bits per heavy atom. The Morgan fingerprint density at radius 2 is 1.81 bits per heavy atom. The third-order valence-electron chi connectivity index (χ3n) is 4.79. The Balaban J connectivity index is 1.29. The standard InChI is InChI=1S/C23H18N6OS/c24-17-5-1-2-6-18(17)27-22(30)15-8-10-16(11-9-15)26-23-28-19(14-31-23)20-13-25-21-7-3-4-12-29(20)21/h1-14H,24H2,(H,26,28)(H,27,30).